The maximum absolute atomic E-state index is 7.26. The number of fused-ring (bicyclic) bond motifs is 7. The highest BCUT2D eigenvalue weighted by atomic mass is 16.5. The van der Waals surface area contributed by atoms with E-state index in [0.29, 0.717) is 6.04 Å². The molecule has 8 rings (SSSR count). The van der Waals surface area contributed by atoms with Gasteiger partial charge in [0.05, 0.1) is 11.6 Å². The van der Waals surface area contributed by atoms with Crippen LogP contribution in [-0.2, 0) is 0 Å². The first kappa shape index (κ1) is 22.7. The standard InChI is InChI=1S/C34H34N2O/c1-3-23-21-36-17-15-24(23)19-32(36)34(29-14-16-35-31-13-12-22(2)18-30(29)31)37-33-20-25-8-4-5-9-26(25)27-10-6-7-11-28(27)33/h4-14,16,18,20,23-24,32,34H,3,15,17,19,21H2,1-2H3. The fourth-order valence-electron chi connectivity index (χ4n) is 7.09. The predicted molar refractivity (Wildman–Crippen MR) is 153 cm³/mol. The van der Waals surface area contributed by atoms with Crippen molar-refractivity contribution in [2.24, 2.45) is 11.8 Å². The molecule has 0 saturated carbocycles. The monoisotopic (exact) mass is 486 g/mol. The molecule has 5 aromatic rings. The number of aryl methyl sites for hydroxylation is 1. The summed E-state index contributed by atoms with van der Waals surface area (Å²) < 4.78 is 7.26. The van der Waals surface area contributed by atoms with E-state index in [1.807, 2.05) is 6.20 Å². The van der Waals surface area contributed by atoms with Gasteiger partial charge in [-0.2, -0.15) is 0 Å². The molecule has 0 amide bonds. The van der Waals surface area contributed by atoms with Crippen LogP contribution in [0.2, 0.25) is 0 Å². The largest absolute Gasteiger partial charge is 0.483 e. The van der Waals surface area contributed by atoms with Gasteiger partial charge in [-0.1, -0.05) is 73.5 Å². The molecule has 3 saturated heterocycles. The summed E-state index contributed by atoms with van der Waals surface area (Å²) in [6.07, 6.45) is 5.69. The Hall–Kier alpha value is -3.43. The molecule has 4 heterocycles. The van der Waals surface area contributed by atoms with Gasteiger partial charge in [0.1, 0.15) is 11.9 Å². The van der Waals surface area contributed by atoms with Gasteiger partial charge >= 0.3 is 0 Å². The van der Waals surface area contributed by atoms with E-state index in [4.69, 9.17) is 9.72 Å². The Balaban J connectivity index is 1.41. The summed E-state index contributed by atoms with van der Waals surface area (Å²) >= 11 is 0. The van der Waals surface area contributed by atoms with Crippen LogP contribution in [0.3, 0.4) is 0 Å². The molecular weight excluding hydrogens is 452 g/mol. The Kier molecular flexibility index (Phi) is 5.62. The maximum atomic E-state index is 7.26. The van der Waals surface area contributed by atoms with Crippen molar-refractivity contribution in [2.75, 3.05) is 13.1 Å². The number of hydrogen-bond acceptors (Lipinski definition) is 3. The Labute approximate surface area is 219 Å². The number of aromatic nitrogens is 1. The lowest BCUT2D eigenvalue weighted by molar-refractivity contribution is -0.0480. The third-order valence-electron chi connectivity index (χ3n) is 9.03. The van der Waals surface area contributed by atoms with Crippen molar-refractivity contribution in [1.29, 1.82) is 0 Å². The quantitative estimate of drug-likeness (QED) is 0.235. The second-order valence-electron chi connectivity index (χ2n) is 11.1. The van der Waals surface area contributed by atoms with Crippen LogP contribution >= 0.6 is 0 Å². The van der Waals surface area contributed by atoms with Crippen LogP contribution in [0.5, 0.6) is 5.75 Å². The first-order valence-electron chi connectivity index (χ1n) is 13.9. The predicted octanol–water partition coefficient (Wildman–Crippen LogP) is 8.09. The summed E-state index contributed by atoms with van der Waals surface area (Å²) in [5.41, 5.74) is 3.56. The van der Waals surface area contributed by atoms with Crippen LogP contribution in [0.15, 0.2) is 85.1 Å². The molecule has 0 N–H and O–H groups in total. The molecule has 186 valence electrons. The van der Waals surface area contributed by atoms with Crippen LogP contribution < -0.4 is 4.74 Å². The first-order valence-corrected chi connectivity index (χ1v) is 13.9. The van der Waals surface area contributed by atoms with Gasteiger partial charge in [0, 0.05) is 29.1 Å². The first-order chi connectivity index (χ1) is 18.2. The molecule has 0 radical (unpaired) electrons. The zero-order valence-corrected chi connectivity index (χ0v) is 21.7. The summed E-state index contributed by atoms with van der Waals surface area (Å²) in [5, 5.41) is 6.15. The van der Waals surface area contributed by atoms with E-state index in [-0.39, 0.29) is 6.10 Å². The SMILES string of the molecule is CCC1CN2CCC1CC2C(Oc1cc2ccccc2c2ccccc12)c1ccnc2ccc(C)cc12. The molecule has 1 aromatic heterocycles. The fraction of sp³-hybridized carbons (Fsp3) is 0.324. The number of hydrogen-bond donors (Lipinski definition) is 0. The van der Waals surface area contributed by atoms with E-state index in [2.05, 4.69) is 97.6 Å². The molecule has 0 spiro atoms. The molecule has 3 fully saturated rings. The Morgan fingerprint density at radius 2 is 1.73 bits per heavy atom. The maximum Gasteiger partial charge on any atom is 0.140 e. The van der Waals surface area contributed by atoms with Crippen LogP contribution in [-0.4, -0.2) is 29.0 Å². The van der Waals surface area contributed by atoms with Crippen molar-refractivity contribution in [3.05, 3.63) is 96.2 Å². The minimum absolute atomic E-state index is 0.0579. The van der Waals surface area contributed by atoms with Crippen LogP contribution in [0.4, 0.5) is 0 Å². The molecule has 5 unspecified atom stereocenters. The molecule has 2 bridgehead atoms. The highest BCUT2D eigenvalue weighted by Crippen LogP contribution is 2.45. The second-order valence-corrected chi connectivity index (χ2v) is 11.1. The van der Waals surface area contributed by atoms with Crippen molar-refractivity contribution in [2.45, 2.75) is 45.3 Å². The number of benzene rings is 4. The van der Waals surface area contributed by atoms with Gasteiger partial charge in [0.2, 0.25) is 0 Å². The van der Waals surface area contributed by atoms with Gasteiger partial charge in [0.25, 0.3) is 0 Å². The van der Waals surface area contributed by atoms with Gasteiger partial charge in [0.15, 0.2) is 0 Å². The third-order valence-corrected chi connectivity index (χ3v) is 9.03. The second kappa shape index (κ2) is 9.15. The lowest BCUT2D eigenvalue weighted by atomic mass is 9.72. The van der Waals surface area contributed by atoms with Crippen molar-refractivity contribution in [3.8, 4) is 5.75 Å². The Morgan fingerprint density at radius 1 is 0.919 bits per heavy atom. The summed E-state index contributed by atoms with van der Waals surface area (Å²) in [6, 6.07) is 28.8. The van der Waals surface area contributed by atoms with Crippen molar-refractivity contribution in [1.82, 2.24) is 9.88 Å². The molecule has 3 aliphatic heterocycles. The van der Waals surface area contributed by atoms with E-state index < -0.39 is 0 Å². The highest BCUT2D eigenvalue weighted by molar-refractivity contribution is 6.10. The summed E-state index contributed by atoms with van der Waals surface area (Å²) in [6.45, 7) is 6.88. The molecule has 3 aliphatic rings. The van der Waals surface area contributed by atoms with E-state index in [1.54, 1.807) is 0 Å². The average Bonchev–Trinajstić information content (AvgIpc) is 2.96. The zero-order chi connectivity index (χ0) is 24.9. The normalized spacial score (nSPS) is 24.1. The number of piperidine rings is 3. The van der Waals surface area contributed by atoms with Gasteiger partial charge in [-0.15, -0.1) is 0 Å². The highest BCUT2D eigenvalue weighted by Gasteiger charge is 2.44. The minimum atomic E-state index is -0.0579. The number of rotatable bonds is 5. The van der Waals surface area contributed by atoms with Gasteiger partial charge < -0.3 is 4.74 Å². The fourth-order valence-corrected chi connectivity index (χ4v) is 7.09. The van der Waals surface area contributed by atoms with Gasteiger partial charge in [-0.3, -0.25) is 9.88 Å². The Morgan fingerprint density at radius 3 is 2.54 bits per heavy atom. The molecular formula is C34H34N2O. The minimum Gasteiger partial charge on any atom is -0.483 e. The van der Waals surface area contributed by atoms with Crippen molar-refractivity contribution >= 4 is 32.4 Å². The molecule has 5 atom stereocenters. The average molecular weight is 487 g/mol. The van der Waals surface area contributed by atoms with Crippen molar-refractivity contribution in [3.63, 3.8) is 0 Å². The summed E-state index contributed by atoms with van der Waals surface area (Å²) in [5.74, 6) is 2.57. The van der Waals surface area contributed by atoms with Crippen LogP contribution in [0.1, 0.15) is 43.4 Å². The summed E-state index contributed by atoms with van der Waals surface area (Å²) in [7, 11) is 0. The topological polar surface area (TPSA) is 25.4 Å². The molecule has 0 aliphatic carbocycles. The molecule has 3 heteroatoms. The number of nitrogens with zero attached hydrogens (tertiary/aromatic N) is 2. The third kappa shape index (κ3) is 3.88. The van der Waals surface area contributed by atoms with Crippen LogP contribution in [0.25, 0.3) is 32.4 Å². The lowest BCUT2D eigenvalue weighted by Gasteiger charge is -2.52. The molecule has 3 nitrogen and oxygen atoms in total. The van der Waals surface area contributed by atoms with E-state index in [1.165, 1.54) is 70.4 Å². The number of ether oxygens (including phenoxy) is 1. The Bertz CT molecular complexity index is 1610. The van der Waals surface area contributed by atoms with Crippen molar-refractivity contribution < 1.29 is 4.74 Å². The molecule has 37 heavy (non-hydrogen) atoms. The van der Waals surface area contributed by atoms with Gasteiger partial charge in [-0.05, 0) is 78.6 Å². The number of pyridine rings is 1. The van der Waals surface area contributed by atoms with E-state index in [0.717, 1.165) is 23.1 Å². The zero-order valence-electron chi connectivity index (χ0n) is 21.7. The molecule has 4 aromatic carbocycles. The van der Waals surface area contributed by atoms with E-state index >= 15 is 0 Å². The van der Waals surface area contributed by atoms with E-state index in [9.17, 15) is 0 Å². The summed E-state index contributed by atoms with van der Waals surface area (Å²) in [4.78, 5) is 7.44. The van der Waals surface area contributed by atoms with Gasteiger partial charge in [-0.25, -0.2) is 0 Å². The lowest BCUT2D eigenvalue weighted by Crippen LogP contribution is -2.56. The smallest absolute Gasteiger partial charge is 0.140 e. The van der Waals surface area contributed by atoms with Crippen LogP contribution in [0, 0.1) is 18.8 Å².